The Balaban J connectivity index is 1.76. The van der Waals surface area contributed by atoms with Crippen LogP contribution in [0.4, 0.5) is 4.79 Å². The van der Waals surface area contributed by atoms with E-state index in [1.54, 1.807) is 13.8 Å². The van der Waals surface area contributed by atoms with Gasteiger partial charge in [0.25, 0.3) is 0 Å². The highest BCUT2D eigenvalue weighted by Crippen LogP contribution is 2.40. The first-order chi connectivity index (χ1) is 16.5. The molecule has 5 nitrogen and oxygen atoms in total. The molecular weight excluding hydrogens is 424 g/mol. The third-order valence-corrected chi connectivity index (χ3v) is 5.70. The van der Waals surface area contributed by atoms with Crippen molar-refractivity contribution >= 4 is 23.9 Å². The number of likely N-dealkylation sites (tertiary alicyclic amines) is 1. The maximum absolute atomic E-state index is 13.4. The van der Waals surface area contributed by atoms with Gasteiger partial charge in [-0.25, -0.2) is 9.69 Å². The van der Waals surface area contributed by atoms with E-state index in [1.807, 2.05) is 97.1 Å². The highest BCUT2D eigenvalue weighted by molar-refractivity contribution is 6.06. The molecule has 1 aliphatic heterocycles. The van der Waals surface area contributed by atoms with E-state index in [9.17, 15) is 9.59 Å². The van der Waals surface area contributed by atoms with Gasteiger partial charge in [0.1, 0.15) is 12.4 Å². The van der Waals surface area contributed by atoms with Gasteiger partial charge in [-0.3, -0.25) is 4.79 Å². The Morgan fingerprint density at radius 3 is 2.15 bits per heavy atom. The number of ether oxygens (including phenoxy) is 1. The molecule has 172 valence electrons. The minimum Gasteiger partial charge on any atom is -0.444 e. The average molecular weight is 453 g/mol. The molecule has 0 aromatic heterocycles. The lowest BCUT2D eigenvalue weighted by atomic mass is 9.94. The molecular formula is C29H28N2O3. The fourth-order valence-corrected chi connectivity index (χ4v) is 3.89. The summed E-state index contributed by atoms with van der Waals surface area (Å²) in [5.74, 6) is -0.257. The van der Waals surface area contributed by atoms with Gasteiger partial charge in [0.15, 0.2) is 0 Å². The number of allylic oxidation sites excluding steroid dienone is 1. The molecule has 0 spiro atoms. The van der Waals surface area contributed by atoms with Gasteiger partial charge in [-0.15, -0.1) is 0 Å². The number of rotatable bonds is 5. The summed E-state index contributed by atoms with van der Waals surface area (Å²) >= 11 is 0. The molecule has 4 rings (SSSR count). The number of hydrogen-bond donors (Lipinski definition) is 0. The molecule has 5 heteroatoms. The molecule has 1 aliphatic rings. The van der Waals surface area contributed by atoms with Gasteiger partial charge in [-0.05, 0) is 22.8 Å². The molecule has 0 radical (unpaired) electrons. The highest BCUT2D eigenvalue weighted by Gasteiger charge is 2.39. The summed E-state index contributed by atoms with van der Waals surface area (Å²) in [6.45, 7) is 3.74. The molecule has 1 saturated heterocycles. The number of aliphatic imine (C=N–C) groups is 1. The van der Waals surface area contributed by atoms with Crippen LogP contribution >= 0.6 is 0 Å². The van der Waals surface area contributed by atoms with Crippen LogP contribution in [0.3, 0.4) is 0 Å². The molecule has 3 aromatic carbocycles. The summed E-state index contributed by atoms with van der Waals surface area (Å²) in [5.41, 5.74) is 3.63. The topological polar surface area (TPSA) is 59.0 Å². The van der Waals surface area contributed by atoms with Crippen LogP contribution in [0.5, 0.6) is 0 Å². The summed E-state index contributed by atoms with van der Waals surface area (Å²) in [6.07, 6.45) is 1.87. The average Bonchev–Trinajstić information content (AvgIpc) is 3.21. The Bertz CT molecular complexity index is 1190. The lowest BCUT2D eigenvalue weighted by Crippen LogP contribution is -2.32. The van der Waals surface area contributed by atoms with E-state index in [4.69, 9.17) is 4.74 Å². The second-order valence-electron chi connectivity index (χ2n) is 8.54. The summed E-state index contributed by atoms with van der Waals surface area (Å²) in [6, 6.07) is 29.3. The third-order valence-electron chi connectivity index (χ3n) is 5.70. The number of carbonyl (C=O) groups is 2. The normalized spacial score (nSPS) is 18.0. The van der Waals surface area contributed by atoms with Crippen LogP contribution in [0.2, 0.25) is 0 Å². The standard InChI is InChI=1S/C29H28N2O3/c1-21(2)28(32)30-27-19-25(24-16-10-5-11-17-24)26(18-22-12-6-3-7-13-22)31(27)29(33)34-20-23-14-8-4-9-15-23/h3-18,21,25H,19-20H2,1-2H3/b26-18-,30-27-. The molecule has 0 bridgehead atoms. The number of hydrogen-bond acceptors (Lipinski definition) is 3. The summed E-state index contributed by atoms with van der Waals surface area (Å²) in [5, 5.41) is 0. The van der Waals surface area contributed by atoms with Crippen LogP contribution in [0.15, 0.2) is 102 Å². The van der Waals surface area contributed by atoms with Crippen molar-refractivity contribution in [1.29, 1.82) is 0 Å². The van der Waals surface area contributed by atoms with E-state index in [-0.39, 0.29) is 24.3 Å². The fraction of sp³-hybridized carbons (Fsp3) is 0.207. The Hall–Kier alpha value is -3.99. The van der Waals surface area contributed by atoms with Crippen LogP contribution in [0.1, 0.15) is 42.9 Å². The Morgan fingerprint density at radius 2 is 1.53 bits per heavy atom. The van der Waals surface area contributed by atoms with E-state index in [1.165, 1.54) is 4.90 Å². The van der Waals surface area contributed by atoms with Crippen molar-refractivity contribution < 1.29 is 14.3 Å². The van der Waals surface area contributed by atoms with E-state index in [0.717, 1.165) is 22.4 Å². The monoisotopic (exact) mass is 452 g/mol. The zero-order chi connectivity index (χ0) is 23.9. The number of amides is 2. The molecule has 1 atom stereocenters. The second-order valence-corrected chi connectivity index (χ2v) is 8.54. The predicted octanol–water partition coefficient (Wildman–Crippen LogP) is 6.43. The number of nitrogens with zero attached hydrogens (tertiary/aromatic N) is 2. The fourth-order valence-electron chi connectivity index (χ4n) is 3.89. The van der Waals surface area contributed by atoms with Crippen molar-refractivity contribution in [3.8, 4) is 0 Å². The van der Waals surface area contributed by atoms with Crippen molar-refractivity contribution in [3.63, 3.8) is 0 Å². The first kappa shape index (κ1) is 23.2. The summed E-state index contributed by atoms with van der Waals surface area (Å²) in [4.78, 5) is 31.8. The van der Waals surface area contributed by atoms with Crippen LogP contribution in [0, 0.1) is 5.92 Å². The summed E-state index contributed by atoms with van der Waals surface area (Å²) < 4.78 is 5.69. The molecule has 2 amide bonds. The lowest BCUT2D eigenvalue weighted by molar-refractivity contribution is -0.120. The minimum absolute atomic E-state index is 0.135. The Kier molecular flexibility index (Phi) is 7.33. The molecule has 0 aliphatic carbocycles. The van der Waals surface area contributed by atoms with Crippen LogP contribution < -0.4 is 0 Å². The van der Waals surface area contributed by atoms with Crippen molar-refractivity contribution in [3.05, 3.63) is 113 Å². The Labute approximate surface area is 200 Å². The van der Waals surface area contributed by atoms with Gasteiger partial charge in [0, 0.05) is 24.0 Å². The van der Waals surface area contributed by atoms with Gasteiger partial charge >= 0.3 is 6.09 Å². The molecule has 1 heterocycles. The van der Waals surface area contributed by atoms with Crippen molar-refractivity contribution in [2.24, 2.45) is 10.9 Å². The zero-order valence-corrected chi connectivity index (χ0v) is 19.4. The number of carbonyl (C=O) groups excluding carboxylic acids is 2. The summed E-state index contributed by atoms with van der Waals surface area (Å²) in [7, 11) is 0. The molecule has 0 saturated carbocycles. The number of benzene rings is 3. The quantitative estimate of drug-likeness (QED) is 0.448. The van der Waals surface area contributed by atoms with Crippen molar-refractivity contribution in [1.82, 2.24) is 4.90 Å². The van der Waals surface area contributed by atoms with Gasteiger partial charge < -0.3 is 4.74 Å². The van der Waals surface area contributed by atoms with Crippen LogP contribution in [0.25, 0.3) is 6.08 Å². The maximum atomic E-state index is 13.4. The van der Waals surface area contributed by atoms with Gasteiger partial charge in [-0.1, -0.05) is 105 Å². The first-order valence-electron chi connectivity index (χ1n) is 11.5. The van der Waals surface area contributed by atoms with Gasteiger partial charge in [-0.2, -0.15) is 4.99 Å². The smallest absolute Gasteiger partial charge is 0.420 e. The van der Waals surface area contributed by atoms with Gasteiger partial charge in [0.05, 0.1) is 0 Å². The molecule has 0 N–H and O–H groups in total. The molecule has 34 heavy (non-hydrogen) atoms. The Morgan fingerprint density at radius 1 is 0.941 bits per heavy atom. The third kappa shape index (κ3) is 5.49. The highest BCUT2D eigenvalue weighted by atomic mass is 16.6. The largest absolute Gasteiger partial charge is 0.444 e. The van der Waals surface area contributed by atoms with E-state index in [0.29, 0.717) is 12.3 Å². The molecule has 1 fully saturated rings. The minimum atomic E-state index is -0.542. The second kappa shape index (κ2) is 10.8. The van der Waals surface area contributed by atoms with Gasteiger partial charge in [0.2, 0.25) is 5.91 Å². The predicted molar refractivity (Wildman–Crippen MR) is 134 cm³/mol. The maximum Gasteiger partial charge on any atom is 0.420 e. The van der Waals surface area contributed by atoms with Crippen LogP contribution in [-0.2, 0) is 16.1 Å². The van der Waals surface area contributed by atoms with Crippen molar-refractivity contribution in [2.45, 2.75) is 32.8 Å². The van der Waals surface area contributed by atoms with E-state index >= 15 is 0 Å². The number of amidine groups is 1. The van der Waals surface area contributed by atoms with E-state index < -0.39 is 6.09 Å². The zero-order valence-electron chi connectivity index (χ0n) is 19.4. The first-order valence-corrected chi connectivity index (χ1v) is 11.5. The molecule has 1 unspecified atom stereocenters. The van der Waals surface area contributed by atoms with Crippen LogP contribution in [-0.4, -0.2) is 22.7 Å². The SMILES string of the molecule is CC(C)C(=O)/N=C1/CC(c2ccccc2)/C(=C/c2ccccc2)N1C(=O)OCc1ccccc1. The lowest BCUT2D eigenvalue weighted by Gasteiger charge is -2.21. The van der Waals surface area contributed by atoms with E-state index in [2.05, 4.69) is 4.99 Å². The van der Waals surface area contributed by atoms with Crippen molar-refractivity contribution in [2.75, 3.05) is 0 Å². The molecule has 3 aromatic rings.